The van der Waals surface area contributed by atoms with Crippen molar-refractivity contribution >= 4 is 18.3 Å². The van der Waals surface area contributed by atoms with E-state index in [1.54, 1.807) is 31.0 Å². The Labute approximate surface area is 120 Å². The molecule has 2 N–H and O–H groups in total. The van der Waals surface area contributed by atoms with E-state index in [4.69, 9.17) is 5.73 Å². The van der Waals surface area contributed by atoms with Crippen LogP contribution in [0.5, 0.6) is 0 Å². The largest absolute Gasteiger partial charge is 0.340 e. The van der Waals surface area contributed by atoms with Gasteiger partial charge in [0.1, 0.15) is 5.82 Å². The molecule has 0 aliphatic heterocycles. The number of nitrogens with two attached hydrogens (primary N) is 1. The first-order chi connectivity index (χ1) is 8.36. The van der Waals surface area contributed by atoms with Crippen molar-refractivity contribution in [3.05, 3.63) is 35.6 Å². The van der Waals surface area contributed by atoms with E-state index in [0.29, 0.717) is 13.0 Å². The van der Waals surface area contributed by atoms with E-state index in [9.17, 15) is 9.18 Å². The second-order valence-corrected chi connectivity index (χ2v) is 4.96. The number of nitrogens with zero attached hydrogens (tertiary/aromatic N) is 1. The van der Waals surface area contributed by atoms with Crippen LogP contribution in [0.4, 0.5) is 4.39 Å². The van der Waals surface area contributed by atoms with E-state index >= 15 is 0 Å². The van der Waals surface area contributed by atoms with Gasteiger partial charge in [0.25, 0.3) is 0 Å². The van der Waals surface area contributed by atoms with Crippen LogP contribution in [-0.2, 0) is 11.3 Å². The van der Waals surface area contributed by atoms with Crippen molar-refractivity contribution < 1.29 is 9.18 Å². The Morgan fingerprint density at radius 3 is 2.37 bits per heavy atom. The Morgan fingerprint density at radius 2 is 1.89 bits per heavy atom. The molecule has 0 fully saturated rings. The number of carbonyl (C=O) groups excluding carboxylic acids is 1. The lowest BCUT2D eigenvalue weighted by Gasteiger charge is -2.29. The highest BCUT2D eigenvalue weighted by Gasteiger charge is 2.29. The predicted octanol–water partition coefficient (Wildman–Crippen LogP) is 2.72. The highest BCUT2D eigenvalue weighted by atomic mass is 35.5. The minimum atomic E-state index is -0.830. The molecule has 1 rings (SSSR count). The number of amides is 1. The lowest BCUT2D eigenvalue weighted by molar-refractivity contribution is -0.135. The van der Waals surface area contributed by atoms with Crippen molar-refractivity contribution in [1.29, 1.82) is 0 Å². The molecular formula is C14H22ClFN2O. The van der Waals surface area contributed by atoms with E-state index in [2.05, 4.69) is 0 Å². The first kappa shape index (κ1) is 17.9. The Morgan fingerprint density at radius 1 is 1.37 bits per heavy atom. The van der Waals surface area contributed by atoms with E-state index < -0.39 is 5.54 Å². The summed E-state index contributed by atoms with van der Waals surface area (Å²) in [6, 6.07) is 6.13. The van der Waals surface area contributed by atoms with Crippen LogP contribution in [0.15, 0.2) is 24.3 Å². The van der Waals surface area contributed by atoms with Gasteiger partial charge >= 0.3 is 0 Å². The zero-order valence-electron chi connectivity index (χ0n) is 11.6. The molecule has 0 aliphatic rings. The molecule has 3 nitrogen and oxygen atoms in total. The zero-order valence-corrected chi connectivity index (χ0v) is 12.5. The minimum absolute atomic E-state index is 0. The molecule has 1 amide bonds. The summed E-state index contributed by atoms with van der Waals surface area (Å²) < 4.78 is 12.8. The smallest absolute Gasteiger partial charge is 0.242 e. The third-order valence-electron chi connectivity index (χ3n) is 2.94. The van der Waals surface area contributed by atoms with Crippen molar-refractivity contribution in [3.8, 4) is 0 Å². The Hall–Kier alpha value is -1.13. The summed E-state index contributed by atoms with van der Waals surface area (Å²) in [5.74, 6) is -0.365. The van der Waals surface area contributed by atoms with E-state index in [1.807, 2.05) is 6.92 Å². The third-order valence-corrected chi connectivity index (χ3v) is 2.94. The molecule has 0 saturated carbocycles. The molecule has 0 spiro atoms. The average Bonchev–Trinajstić information content (AvgIpc) is 2.31. The van der Waals surface area contributed by atoms with Gasteiger partial charge in [0.2, 0.25) is 5.91 Å². The van der Waals surface area contributed by atoms with Gasteiger partial charge < -0.3 is 10.6 Å². The molecule has 0 aromatic heterocycles. The van der Waals surface area contributed by atoms with Crippen LogP contribution < -0.4 is 5.73 Å². The maximum Gasteiger partial charge on any atom is 0.242 e. The van der Waals surface area contributed by atoms with Crippen LogP contribution in [0.1, 0.15) is 32.3 Å². The highest BCUT2D eigenvalue weighted by Crippen LogP contribution is 2.14. The maximum atomic E-state index is 12.8. The van der Waals surface area contributed by atoms with Crippen molar-refractivity contribution in [2.75, 3.05) is 7.05 Å². The highest BCUT2D eigenvalue weighted by molar-refractivity contribution is 5.85. The molecule has 108 valence electrons. The molecule has 1 unspecified atom stereocenters. The number of hydrogen-bond donors (Lipinski definition) is 1. The number of rotatable bonds is 5. The van der Waals surface area contributed by atoms with Gasteiger partial charge in [0.05, 0.1) is 5.54 Å². The quantitative estimate of drug-likeness (QED) is 0.905. The van der Waals surface area contributed by atoms with Crippen LogP contribution in [0.3, 0.4) is 0 Å². The van der Waals surface area contributed by atoms with Gasteiger partial charge in [-0.2, -0.15) is 0 Å². The molecule has 0 bridgehead atoms. The number of hydrogen-bond acceptors (Lipinski definition) is 2. The van der Waals surface area contributed by atoms with Gasteiger partial charge in [0.15, 0.2) is 0 Å². The SMILES string of the molecule is CCCC(C)(N)C(=O)N(C)Cc1ccc(F)cc1.Cl. The van der Waals surface area contributed by atoms with Crippen molar-refractivity contribution in [1.82, 2.24) is 4.90 Å². The summed E-state index contributed by atoms with van der Waals surface area (Å²) in [4.78, 5) is 13.7. The van der Waals surface area contributed by atoms with Crippen LogP contribution in [0, 0.1) is 5.82 Å². The third kappa shape index (κ3) is 5.17. The van der Waals surface area contributed by atoms with E-state index in [0.717, 1.165) is 12.0 Å². The lowest BCUT2D eigenvalue weighted by atomic mass is 9.96. The fourth-order valence-electron chi connectivity index (χ4n) is 2.00. The van der Waals surface area contributed by atoms with Crippen LogP contribution in [-0.4, -0.2) is 23.4 Å². The summed E-state index contributed by atoms with van der Waals surface area (Å²) in [7, 11) is 1.71. The Bertz CT molecular complexity index is 406. The fraction of sp³-hybridized carbons (Fsp3) is 0.500. The minimum Gasteiger partial charge on any atom is -0.340 e. The van der Waals surface area contributed by atoms with Crippen molar-refractivity contribution in [3.63, 3.8) is 0 Å². The van der Waals surface area contributed by atoms with Gasteiger partial charge in [-0.05, 0) is 31.0 Å². The Balaban J connectivity index is 0.00000324. The Kier molecular flexibility index (Phi) is 7.01. The molecule has 0 saturated heterocycles. The van der Waals surface area contributed by atoms with Crippen LogP contribution in [0.2, 0.25) is 0 Å². The number of carbonyl (C=O) groups is 1. The molecule has 19 heavy (non-hydrogen) atoms. The topological polar surface area (TPSA) is 46.3 Å². The molecule has 1 atom stereocenters. The van der Waals surface area contributed by atoms with Crippen LogP contribution in [0.25, 0.3) is 0 Å². The molecule has 0 radical (unpaired) electrons. The summed E-state index contributed by atoms with van der Waals surface area (Å²) in [5.41, 5.74) is 6.06. The first-order valence-electron chi connectivity index (χ1n) is 6.15. The van der Waals surface area contributed by atoms with E-state index in [1.165, 1.54) is 12.1 Å². The molecular weight excluding hydrogens is 267 g/mol. The molecule has 0 heterocycles. The normalized spacial score (nSPS) is 13.3. The molecule has 5 heteroatoms. The summed E-state index contributed by atoms with van der Waals surface area (Å²) in [6.45, 7) is 4.19. The second-order valence-electron chi connectivity index (χ2n) is 4.96. The number of halogens is 2. The summed E-state index contributed by atoms with van der Waals surface area (Å²) in [6.07, 6.45) is 1.52. The van der Waals surface area contributed by atoms with Crippen molar-refractivity contribution in [2.45, 2.75) is 38.8 Å². The second kappa shape index (κ2) is 7.46. The number of benzene rings is 1. The van der Waals surface area contributed by atoms with Crippen LogP contribution >= 0.6 is 12.4 Å². The van der Waals surface area contributed by atoms with Gasteiger partial charge in [-0.25, -0.2) is 4.39 Å². The first-order valence-corrected chi connectivity index (χ1v) is 6.15. The number of likely N-dealkylation sites (N-methyl/N-ethyl adjacent to an activating group) is 1. The average molecular weight is 289 g/mol. The zero-order chi connectivity index (χ0) is 13.8. The fourth-order valence-corrected chi connectivity index (χ4v) is 2.00. The van der Waals surface area contributed by atoms with Gasteiger partial charge in [0, 0.05) is 13.6 Å². The van der Waals surface area contributed by atoms with Gasteiger partial charge in [-0.15, -0.1) is 12.4 Å². The van der Waals surface area contributed by atoms with E-state index in [-0.39, 0.29) is 24.1 Å². The standard InChI is InChI=1S/C14H21FN2O.ClH/c1-4-9-14(2,16)13(18)17(3)10-11-5-7-12(15)8-6-11;/h5-8H,4,9-10,16H2,1-3H3;1H. The molecule has 0 aliphatic carbocycles. The maximum absolute atomic E-state index is 12.8. The monoisotopic (exact) mass is 288 g/mol. The van der Waals surface area contributed by atoms with Crippen molar-refractivity contribution in [2.24, 2.45) is 5.73 Å². The summed E-state index contributed by atoms with van der Waals surface area (Å²) >= 11 is 0. The molecule has 1 aromatic carbocycles. The molecule has 1 aromatic rings. The van der Waals surface area contributed by atoms with Gasteiger partial charge in [-0.3, -0.25) is 4.79 Å². The summed E-state index contributed by atoms with van der Waals surface area (Å²) in [5, 5.41) is 0. The predicted molar refractivity (Wildman–Crippen MR) is 77.6 cm³/mol. The lowest BCUT2D eigenvalue weighted by Crippen LogP contribution is -2.51. The van der Waals surface area contributed by atoms with Gasteiger partial charge in [-0.1, -0.05) is 25.5 Å².